The summed E-state index contributed by atoms with van der Waals surface area (Å²) in [6, 6.07) is 12.6. The first-order valence-electron chi connectivity index (χ1n) is 7.61. The molecule has 0 spiro atoms. The number of rotatable bonds is 4. The number of carbonyl (C=O) groups excluding carboxylic acids is 1. The van der Waals surface area contributed by atoms with Crippen LogP contribution in [0, 0.1) is 6.92 Å². The lowest BCUT2D eigenvalue weighted by atomic mass is 10.0. The number of amides is 1. The van der Waals surface area contributed by atoms with Crippen LogP contribution in [-0.2, 0) is 6.42 Å². The minimum absolute atomic E-state index is 0.0647. The normalized spacial score (nSPS) is 18.1. The van der Waals surface area contributed by atoms with Crippen molar-refractivity contribution in [2.75, 3.05) is 6.54 Å². The molecule has 110 valence electrons. The number of likely N-dealkylation sites (tertiary alicyclic amines) is 1. The van der Waals surface area contributed by atoms with Gasteiger partial charge in [-0.2, -0.15) is 5.10 Å². The maximum Gasteiger partial charge on any atom is 0.274 e. The molecule has 21 heavy (non-hydrogen) atoms. The van der Waals surface area contributed by atoms with Gasteiger partial charge in [0.05, 0.1) is 0 Å². The number of hydrogen-bond donors (Lipinski definition) is 1. The quantitative estimate of drug-likeness (QED) is 0.938. The Morgan fingerprint density at radius 2 is 2.19 bits per heavy atom. The largest absolute Gasteiger partial charge is 0.334 e. The summed E-state index contributed by atoms with van der Waals surface area (Å²) in [7, 11) is 0. The summed E-state index contributed by atoms with van der Waals surface area (Å²) < 4.78 is 0. The SMILES string of the molecule is Cc1cc(C(=O)N2CCCC2CCc2ccccc2)n[nH]1. The molecular formula is C17H21N3O. The van der Waals surface area contributed by atoms with Crippen LogP contribution < -0.4 is 0 Å². The van der Waals surface area contributed by atoms with Gasteiger partial charge in [0.1, 0.15) is 5.69 Å². The van der Waals surface area contributed by atoms with E-state index < -0.39 is 0 Å². The average molecular weight is 283 g/mol. The maximum absolute atomic E-state index is 12.5. The van der Waals surface area contributed by atoms with Crippen molar-refractivity contribution in [1.29, 1.82) is 0 Å². The van der Waals surface area contributed by atoms with Crippen molar-refractivity contribution in [3.05, 3.63) is 53.3 Å². The Balaban J connectivity index is 1.64. The summed E-state index contributed by atoms with van der Waals surface area (Å²) in [5.74, 6) is 0.0647. The molecule has 1 aliphatic rings. The van der Waals surface area contributed by atoms with Gasteiger partial charge in [-0.15, -0.1) is 0 Å². The van der Waals surface area contributed by atoms with E-state index in [1.165, 1.54) is 5.56 Å². The lowest BCUT2D eigenvalue weighted by Crippen LogP contribution is -2.36. The predicted molar refractivity (Wildman–Crippen MR) is 82.1 cm³/mol. The third-order valence-corrected chi connectivity index (χ3v) is 4.17. The molecule has 2 heterocycles. The van der Waals surface area contributed by atoms with Gasteiger partial charge in [-0.3, -0.25) is 9.89 Å². The van der Waals surface area contributed by atoms with Crippen LogP contribution in [0.25, 0.3) is 0 Å². The lowest BCUT2D eigenvalue weighted by molar-refractivity contribution is 0.0724. The van der Waals surface area contributed by atoms with E-state index >= 15 is 0 Å². The summed E-state index contributed by atoms with van der Waals surface area (Å²) in [5.41, 5.74) is 2.81. The summed E-state index contributed by atoms with van der Waals surface area (Å²) in [5, 5.41) is 6.94. The second kappa shape index (κ2) is 6.12. The van der Waals surface area contributed by atoms with Gasteiger partial charge >= 0.3 is 0 Å². The van der Waals surface area contributed by atoms with Gasteiger partial charge in [0.2, 0.25) is 0 Å². The average Bonchev–Trinajstić information content (AvgIpc) is 3.14. The molecule has 1 N–H and O–H groups in total. The number of nitrogens with zero attached hydrogens (tertiary/aromatic N) is 2. The summed E-state index contributed by atoms with van der Waals surface area (Å²) in [6.07, 6.45) is 4.24. The van der Waals surface area contributed by atoms with Gasteiger partial charge in [-0.1, -0.05) is 30.3 Å². The molecule has 3 rings (SSSR count). The Kier molecular flexibility index (Phi) is 4.04. The molecule has 1 atom stereocenters. The standard InChI is InChI=1S/C17H21N3O/c1-13-12-16(19-18-13)17(21)20-11-5-8-15(20)10-9-14-6-3-2-4-7-14/h2-4,6-7,12,15H,5,8-11H2,1H3,(H,18,19). The second-order valence-corrected chi connectivity index (χ2v) is 5.76. The van der Waals surface area contributed by atoms with Gasteiger partial charge in [0.25, 0.3) is 5.91 Å². The number of hydrogen-bond acceptors (Lipinski definition) is 2. The van der Waals surface area contributed by atoms with Crippen LogP contribution in [0.1, 0.15) is 41.0 Å². The van der Waals surface area contributed by atoms with Crippen LogP contribution in [-0.4, -0.2) is 33.6 Å². The zero-order valence-electron chi connectivity index (χ0n) is 12.4. The van der Waals surface area contributed by atoms with Crippen LogP contribution in [0.2, 0.25) is 0 Å². The van der Waals surface area contributed by atoms with Gasteiger partial charge in [-0.25, -0.2) is 0 Å². The van der Waals surface area contributed by atoms with Gasteiger partial charge < -0.3 is 4.90 Å². The van der Waals surface area contributed by atoms with Crippen LogP contribution >= 0.6 is 0 Å². The number of aromatic nitrogens is 2. The minimum Gasteiger partial charge on any atom is -0.334 e. The van der Waals surface area contributed by atoms with E-state index in [0.717, 1.165) is 37.9 Å². The Morgan fingerprint density at radius 3 is 2.90 bits per heavy atom. The smallest absolute Gasteiger partial charge is 0.274 e. The van der Waals surface area contributed by atoms with E-state index in [1.807, 2.05) is 24.0 Å². The van der Waals surface area contributed by atoms with Crippen molar-refractivity contribution >= 4 is 5.91 Å². The first-order valence-corrected chi connectivity index (χ1v) is 7.61. The number of H-pyrrole nitrogens is 1. The van der Waals surface area contributed by atoms with Crippen molar-refractivity contribution in [1.82, 2.24) is 15.1 Å². The summed E-state index contributed by atoms with van der Waals surface area (Å²) >= 11 is 0. The highest BCUT2D eigenvalue weighted by atomic mass is 16.2. The van der Waals surface area contributed by atoms with Gasteiger partial charge in [0, 0.05) is 18.3 Å². The molecule has 0 saturated carbocycles. The molecule has 4 nitrogen and oxygen atoms in total. The molecular weight excluding hydrogens is 262 g/mol. The molecule has 1 fully saturated rings. The highest BCUT2D eigenvalue weighted by Crippen LogP contribution is 2.23. The van der Waals surface area contributed by atoms with Gasteiger partial charge in [0.15, 0.2) is 0 Å². The fraction of sp³-hybridized carbons (Fsp3) is 0.412. The topological polar surface area (TPSA) is 49.0 Å². The Bertz CT molecular complexity index is 606. The van der Waals surface area contributed by atoms with E-state index in [0.29, 0.717) is 11.7 Å². The Morgan fingerprint density at radius 1 is 1.38 bits per heavy atom. The fourth-order valence-corrected chi connectivity index (χ4v) is 3.06. The summed E-state index contributed by atoms with van der Waals surface area (Å²) in [4.78, 5) is 14.5. The molecule has 1 unspecified atom stereocenters. The number of aromatic amines is 1. The zero-order chi connectivity index (χ0) is 14.7. The molecule has 2 aromatic rings. The second-order valence-electron chi connectivity index (χ2n) is 5.76. The third-order valence-electron chi connectivity index (χ3n) is 4.17. The molecule has 1 saturated heterocycles. The number of aryl methyl sites for hydroxylation is 2. The Hall–Kier alpha value is -2.10. The molecule has 1 aromatic heterocycles. The molecule has 4 heteroatoms. The van der Waals surface area contributed by atoms with E-state index in [9.17, 15) is 4.79 Å². The minimum atomic E-state index is 0.0647. The van der Waals surface area contributed by atoms with Crippen molar-refractivity contribution in [2.24, 2.45) is 0 Å². The van der Waals surface area contributed by atoms with Crippen LogP contribution in [0.5, 0.6) is 0 Å². The van der Waals surface area contributed by atoms with Crippen LogP contribution in [0.4, 0.5) is 0 Å². The third kappa shape index (κ3) is 3.15. The van der Waals surface area contributed by atoms with Crippen LogP contribution in [0.15, 0.2) is 36.4 Å². The van der Waals surface area contributed by atoms with E-state index in [2.05, 4.69) is 34.5 Å². The highest BCUT2D eigenvalue weighted by Gasteiger charge is 2.30. The monoisotopic (exact) mass is 283 g/mol. The predicted octanol–water partition coefficient (Wildman–Crippen LogP) is 2.96. The number of nitrogens with one attached hydrogen (secondary N) is 1. The first kappa shape index (κ1) is 13.9. The molecule has 0 aliphatic carbocycles. The van der Waals surface area contributed by atoms with E-state index in [1.54, 1.807) is 0 Å². The van der Waals surface area contributed by atoms with Crippen molar-refractivity contribution in [3.63, 3.8) is 0 Å². The van der Waals surface area contributed by atoms with Crippen molar-refractivity contribution in [3.8, 4) is 0 Å². The van der Waals surface area contributed by atoms with E-state index in [4.69, 9.17) is 0 Å². The number of benzene rings is 1. The van der Waals surface area contributed by atoms with Gasteiger partial charge in [-0.05, 0) is 44.2 Å². The molecule has 0 bridgehead atoms. The molecule has 1 aliphatic heterocycles. The zero-order valence-corrected chi connectivity index (χ0v) is 12.4. The number of carbonyl (C=O) groups is 1. The van der Waals surface area contributed by atoms with Crippen LogP contribution in [0.3, 0.4) is 0 Å². The molecule has 1 amide bonds. The Labute approximate surface area is 125 Å². The van der Waals surface area contributed by atoms with Crippen molar-refractivity contribution < 1.29 is 4.79 Å². The fourth-order valence-electron chi connectivity index (χ4n) is 3.06. The van der Waals surface area contributed by atoms with Crippen molar-refractivity contribution in [2.45, 2.75) is 38.6 Å². The van der Waals surface area contributed by atoms with E-state index in [-0.39, 0.29) is 5.91 Å². The highest BCUT2D eigenvalue weighted by molar-refractivity contribution is 5.92. The lowest BCUT2D eigenvalue weighted by Gasteiger charge is -2.24. The summed E-state index contributed by atoms with van der Waals surface area (Å²) in [6.45, 7) is 2.77. The maximum atomic E-state index is 12.5. The molecule has 1 aromatic carbocycles. The first-order chi connectivity index (χ1) is 10.2. The molecule has 0 radical (unpaired) electrons.